The topological polar surface area (TPSA) is 102 Å². The summed E-state index contributed by atoms with van der Waals surface area (Å²) in [4.78, 5) is 16.3. The second-order valence-electron chi connectivity index (χ2n) is 6.26. The van der Waals surface area contributed by atoms with Gasteiger partial charge in [-0.05, 0) is 46.2 Å². The maximum absolute atomic E-state index is 12.0. The molecule has 8 nitrogen and oxygen atoms in total. The van der Waals surface area contributed by atoms with Crippen molar-refractivity contribution in [2.24, 2.45) is 10.9 Å². The molecule has 27 heavy (non-hydrogen) atoms. The summed E-state index contributed by atoms with van der Waals surface area (Å²) in [7, 11) is 1.61. The first-order valence-corrected chi connectivity index (χ1v) is 8.39. The summed E-state index contributed by atoms with van der Waals surface area (Å²) in [6.45, 7) is 1.69. The van der Waals surface area contributed by atoms with E-state index in [0.717, 1.165) is 22.4 Å². The number of rotatable bonds is 4. The van der Waals surface area contributed by atoms with E-state index in [4.69, 9.17) is 4.74 Å². The Morgan fingerprint density at radius 3 is 2.78 bits per heavy atom. The monoisotopic (exact) mass is 363 g/mol. The van der Waals surface area contributed by atoms with Crippen LogP contribution < -0.4 is 4.74 Å². The number of carboxylic acids is 1. The zero-order chi connectivity index (χ0) is 19.0. The fourth-order valence-electron chi connectivity index (χ4n) is 3.47. The largest absolute Gasteiger partial charge is 0.497 e. The van der Waals surface area contributed by atoms with Gasteiger partial charge in [-0.15, -0.1) is 0 Å². The molecule has 0 fully saturated rings. The standard InChI is InChI=1S/C19H17N5O3/c1-11-16(18(25)26)17(24-19(20-11)21-22-23-24)15-9-4-3-8-14(15)12-6-5-7-13(10-12)27-2/h3-10,16-17H,1-2H3,(H,25,26). The van der Waals surface area contributed by atoms with Crippen LogP contribution in [0, 0.1) is 5.92 Å². The number of aromatic nitrogens is 4. The molecule has 0 spiro atoms. The predicted octanol–water partition coefficient (Wildman–Crippen LogP) is 2.74. The van der Waals surface area contributed by atoms with E-state index < -0.39 is 17.9 Å². The number of carboxylic acid groups (broad SMARTS) is 1. The van der Waals surface area contributed by atoms with Crippen LogP contribution in [0.4, 0.5) is 5.95 Å². The highest BCUT2D eigenvalue weighted by atomic mass is 16.5. The SMILES string of the molecule is COc1cccc(-c2ccccc2C2C(C(=O)O)C(C)=Nc3nnnn32)c1. The number of hydrogen-bond donors (Lipinski definition) is 1. The zero-order valence-electron chi connectivity index (χ0n) is 14.8. The third-order valence-electron chi connectivity index (χ3n) is 4.71. The Kier molecular flexibility index (Phi) is 4.15. The van der Waals surface area contributed by atoms with Gasteiger partial charge in [0.1, 0.15) is 17.7 Å². The maximum atomic E-state index is 12.0. The lowest BCUT2D eigenvalue weighted by Gasteiger charge is -2.29. The van der Waals surface area contributed by atoms with Crippen LogP contribution in [0.25, 0.3) is 11.1 Å². The number of hydrogen-bond acceptors (Lipinski definition) is 6. The van der Waals surface area contributed by atoms with Crippen molar-refractivity contribution in [3.63, 3.8) is 0 Å². The van der Waals surface area contributed by atoms with E-state index >= 15 is 0 Å². The van der Waals surface area contributed by atoms with Gasteiger partial charge >= 0.3 is 5.97 Å². The normalized spacial score (nSPS) is 18.5. The Labute approximate surface area is 155 Å². The summed E-state index contributed by atoms with van der Waals surface area (Å²) >= 11 is 0. The Balaban J connectivity index is 1.93. The molecule has 1 aliphatic rings. The fourth-order valence-corrected chi connectivity index (χ4v) is 3.47. The summed E-state index contributed by atoms with van der Waals surface area (Å²) < 4.78 is 6.81. The molecule has 1 N–H and O–H groups in total. The van der Waals surface area contributed by atoms with E-state index in [0.29, 0.717) is 11.7 Å². The predicted molar refractivity (Wildman–Crippen MR) is 98.3 cm³/mol. The van der Waals surface area contributed by atoms with Gasteiger partial charge in [-0.25, -0.2) is 9.67 Å². The van der Waals surface area contributed by atoms with Crippen molar-refractivity contribution in [3.8, 4) is 16.9 Å². The lowest BCUT2D eigenvalue weighted by molar-refractivity contribution is -0.140. The first-order valence-electron chi connectivity index (χ1n) is 8.39. The minimum atomic E-state index is -0.970. The van der Waals surface area contributed by atoms with Crippen LogP contribution in [-0.2, 0) is 4.79 Å². The van der Waals surface area contributed by atoms with Gasteiger partial charge in [-0.2, -0.15) is 0 Å². The molecular formula is C19H17N5O3. The first-order chi connectivity index (χ1) is 13.1. The van der Waals surface area contributed by atoms with Crippen molar-refractivity contribution >= 4 is 17.6 Å². The van der Waals surface area contributed by atoms with E-state index in [1.807, 2.05) is 48.5 Å². The number of nitrogens with zero attached hydrogens (tertiary/aromatic N) is 5. The average Bonchev–Trinajstić information content (AvgIpc) is 3.14. The highest BCUT2D eigenvalue weighted by molar-refractivity contribution is 6.03. The van der Waals surface area contributed by atoms with Crippen molar-refractivity contribution in [1.82, 2.24) is 20.2 Å². The quantitative estimate of drug-likeness (QED) is 0.764. The summed E-state index contributed by atoms with van der Waals surface area (Å²) in [6.07, 6.45) is 0. The second-order valence-corrected chi connectivity index (χ2v) is 6.26. The van der Waals surface area contributed by atoms with Crippen molar-refractivity contribution in [2.75, 3.05) is 7.11 Å². The number of carbonyl (C=O) groups is 1. The maximum Gasteiger partial charge on any atom is 0.314 e. The molecule has 2 aromatic carbocycles. The molecule has 0 amide bonds. The summed E-state index contributed by atoms with van der Waals surface area (Å²) in [5.41, 5.74) is 3.09. The lowest BCUT2D eigenvalue weighted by Crippen LogP contribution is -2.36. The van der Waals surface area contributed by atoms with Gasteiger partial charge < -0.3 is 9.84 Å². The van der Waals surface area contributed by atoms with Crippen LogP contribution in [0.5, 0.6) is 5.75 Å². The third kappa shape index (κ3) is 2.84. The number of tetrazole rings is 1. The van der Waals surface area contributed by atoms with Gasteiger partial charge in [-0.1, -0.05) is 41.5 Å². The van der Waals surface area contributed by atoms with Crippen LogP contribution >= 0.6 is 0 Å². The van der Waals surface area contributed by atoms with Crippen molar-refractivity contribution in [3.05, 3.63) is 54.1 Å². The smallest absolute Gasteiger partial charge is 0.314 e. The summed E-state index contributed by atoms with van der Waals surface area (Å²) in [6, 6.07) is 14.7. The molecule has 8 heteroatoms. The minimum absolute atomic E-state index is 0.301. The number of aliphatic carboxylic acids is 1. The molecule has 0 bridgehead atoms. The molecular weight excluding hydrogens is 346 g/mol. The molecule has 0 radical (unpaired) electrons. The van der Waals surface area contributed by atoms with E-state index in [2.05, 4.69) is 20.5 Å². The zero-order valence-corrected chi connectivity index (χ0v) is 14.8. The first kappa shape index (κ1) is 16.9. The van der Waals surface area contributed by atoms with Crippen LogP contribution in [0.2, 0.25) is 0 Å². The molecule has 136 valence electrons. The number of benzene rings is 2. The van der Waals surface area contributed by atoms with Crippen molar-refractivity contribution < 1.29 is 14.6 Å². The summed E-state index contributed by atoms with van der Waals surface area (Å²) in [5, 5.41) is 21.5. The fraction of sp³-hybridized carbons (Fsp3) is 0.211. The third-order valence-corrected chi connectivity index (χ3v) is 4.71. The average molecular weight is 363 g/mol. The number of aliphatic imine (C=N–C) groups is 1. The van der Waals surface area contributed by atoms with E-state index in [1.165, 1.54) is 4.68 Å². The van der Waals surface area contributed by atoms with Crippen LogP contribution in [0.15, 0.2) is 53.5 Å². The number of fused-ring (bicyclic) bond motifs is 1. The van der Waals surface area contributed by atoms with Crippen LogP contribution in [-0.4, -0.2) is 44.1 Å². The molecule has 0 saturated carbocycles. The molecule has 3 aromatic rings. The second kappa shape index (κ2) is 6.64. The van der Waals surface area contributed by atoms with E-state index in [9.17, 15) is 9.90 Å². The molecule has 1 aliphatic heterocycles. The lowest BCUT2D eigenvalue weighted by atomic mass is 9.84. The molecule has 2 heterocycles. The highest BCUT2D eigenvalue weighted by Crippen LogP contribution is 2.39. The molecule has 1 aromatic heterocycles. The molecule has 0 aliphatic carbocycles. The Morgan fingerprint density at radius 2 is 2.00 bits per heavy atom. The Morgan fingerprint density at radius 1 is 1.19 bits per heavy atom. The van der Waals surface area contributed by atoms with Gasteiger partial charge in [0.15, 0.2) is 0 Å². The summed E-state index contributed by atoms with van der Waals surface area (Å²) in [5.74, 6) is -0.812. The molecule has 2 unspecified atom stereocenters. The van der Waals surface area contributed by atoms with Crippen molar-refractivity contribution in [1.29, 1.82) is 0 Å². The van der Waals surface area contributed by atoms with Gasteiger partial charge in [0.25, 0.3) is 5.95 Å². The van der Waals surface area contributed by atoms with Crippen LogP contribution in [0.1, 0.15) is 18.5 Å². The minimum Gasteiger partial charge on any atom is -0.497 e. The number of ether oxygens (including phenoxy) is 1. The van der Waals surface area contributed by atoms with Gasteiger partial charge in [0.2, 0.25) is 0 Å². The van der Waals surface area contributed by atoms with Crippen LogP contribution in [0.3, 0.4) is 0 Å². The Bertz CT molecular complexity index is 1040. The Hall–Kier alpha value is -3.55. The van der Waals surface area contributed by atoms with Gasteiger partial charge in [0, 0.05) is 5.71 Å². The van der Waals surface area contributed by atoms with Gasteiger partial charge in [0.05, 0.1) is 7.11 Å². The van der Waals surface area contributed by atoms with E-state index in [1.54, 1.807) is 14.0 Å². The number of methoxy groups -OCH3 is 1. The highest BCUT2D eigenvalue weighted by Gasteiger charge is 2.40. The molecule has 4 rings (SSSR count). The van der Waals surface area contributed by atoms with Crippen molar-refractivity contribution in [2.45, 2.75) is 13.0 Å². The molecule has 0 saturated heterocycles. The van der Waals surface area contributed by atoms with E-state index in [-0.39, 0.29) is 0 Å². The van der Waals surface area contributed by atoms with Gasteiger partial charge in [-0.3, -0.25) is 4.79 Å². The molecule has 2 atom stereocenters.